The number of amides is 4. The van der Waals surface area contributed by atoms with Crippen molar-refractivity contribution in [3.63, 3.8) is 0 Å². The highest BCUT2D eigenvalue weighted by atomic mass is 16.3. The molecule has 4 amide bonds. The van der Waals surface area contributed by atoms with Gasteiger partial charge in [-0.2, -0.15) is 0 Å². The maximum Gasteiger partial charge on any atom is 0.291 e. The Labute approximate surface area is 231 Å². The molecule has 0 atom stereocenters. The number of rotatable bonds is 13. The molecule has 0 aliphatic heterocycles. The van der Waals surface area contributed by atoms with Crippen LogP contribution in [0.4, 0.5) is 11.4 Å². The molecule has 4 rings (SSSR count). The Bertz CT molecular complexity index is 1320. The molecule has 2 heterocycles. The van der Waals surface area contributed by atoms with Crippen LogP contribution in [-0.4, -0.2) is 36.7 Å². The largest absolute Gasteiger partial charge is 0.459 e. The summed E-state index contributed by atoms with van der Waals surface area (Å²) in [5.74, 6) is -1.10. The van der Waals surface area contributed by atoms with Crippen molar-refractivity contribution in [1.82, 2.24) is 10.6 Å². The van der Waals surface area contributed by atoms with E-state index in [1.165, 1.54) is 12.5 Å². The van der Waals surface area contributed by atoms with Crippen LogP contribution in [0.5, 0.6) is 0 Å². The Morgan fingerprint density at radius 2 is 0.925 bits per heavy atom. The first-order valence-corrected chi connectivity index (χ1v) is 13.0. The van der Waals surface area contributed by atoms with Crippen LogP contribution in [0.3, 0.4) is 0 Å². The van der Waals surface area contributed by atoms with E-state index in [0.717, 1.165) is 25.7 Å². The lowest BCUT2D eigenvalue weighted by Gasteiger charge is -2.11. The number of para-hydroxylation sites is 2. The Balaban J connectivity index is 1.14. The summed E-state index contributed by atoms with van der Waals surface area (Å²) in [5.41, 5.74) is 1.54. The fraction of sp³-hybridized carbons (Fsp3) is 0.200. The van der Waals surface area contributed by atoms with E-state index in [4.69, 9.17) is 8.83 Å². The van der Waals surface area contributed by atoms with Gasteiger partial charge in [0.15, 0.2) is 11.5 Å². The first kappa shape index (κ1) is 27.9. The van der Waals surface area contributed by atoms with Gasteiger partial charge in [0, 0.05) is 13.1 Å². The number of benzene rings is 2. The first-order chi connectivity index (χ1) is 19.5. The molecular formula is C30H30N4O6. The van der Waals surface area contributed by atoms with Crippen molar-refractivity contribution in [3.05, 3.63) is 108 Å². The average Bonchev–Trinajstić information content (AvgIpc) is 3.70. The highest BCUT2D eigenvalue weighted by Gasteiger charge is 2.16. The van der Waals surface area contributed by atoms with Gasteiger partial charge in [0.25, 0.3) is 23.6 Å². The van der Waals surface area contributed by atoms with Crippen LogP contribution in [0, 0.1) is 0 Å². The lowest BCUT2D eigenvalue weighted by Crippen LogP contribution is -2.26. The van der Waals surface area contributed by atoms with Crippen molar-refractivity contribution in [1.29, 1.82) is 0 Å². The molecule has 2 aromatic carbocycles. The quantitative estimate of drug-likeness (QED) is 0.173. The number of anilines is 2. The standard InChI is InChI=1S/C30H30N4O6/c35-27(21-11-3-5-13-23(21)33-29(37)25-15-9-19-39-25)31-17-7-1-2-8-18-32-28(36)22-12-4-6-14-24(22)34-30(38)26-16-10-20-40-26/h3-6,9-16,19-20H,1-2,7-8,17-18H2,(H,31,35)(H,32,36)(H,33,37)(H,34,38). The van der Waals surface area contributed by atoms with Gasteiger partial charge in [-0.05, 0) is 61.4 Å². The van der Waals surface area contributed by atoms with Gasteiger partial charge in [-0.25, -0.2) is 0 Å². The average molecular weight is 543 g/mol. The Morgan fingerprint density at radius 3 is 1.32 bits per heavy atom. The number of furan rings is 2. The van der Waals surface area contributed by atoms with Crippen molar-refractivity contribution >= 4 is 35.0 Å². The van der Waals surface area contributed by atoms with Crippen molar-refractivity contribution < 1.29 is 28.0 Å². The van der Waals surface area contributed by atoms with Crippen LogP contribution in [0.1, 0.15) is 67.5 Å². The molecule has 0 fully saturated rings. The Morgan fingerprint density at radius 1 is 0.500 bits per heavy atom. The van der Waals surface area contributed by atoms with Crippen molar-refractivity contribution in [2.24, 2.45) is 0 Å². The van der Waals surface area contributed by atoms with Crippen LogP contribution >= 0.6 is 0 Å². The van der Waals surface area contributed by atoms with E-state index >= 15 is 0 Å². The summed E-state index contributed by atoms with van der Waals surface area (Å²) < 4.78 is 10.2. The van der Waals surface area contributed by atoms with E-state index in [-0.39, 0.29) is 23.3 Å². The molecule has 2 aromatic heterocycles. The van der Waals surface area contributed by atoms with E-state index in [9.17, 15) is 19.2 Å². The maximum atomic E-state index is 12.7. The molecule has 40 heavy (non-hydrogen) atoms. The second-order valence-electron chi connectivity index (χ2n) is 8.88. The highest BCUT2D eigenvalue weighted by Crippen LogP contribution is 2.18. The van der Waals surface area contributed by atoms with Gasteiger partial charge in [-0.3, -0.25) is 19.2 Å². The van der Waals surface area contributed by atoms with E-state index < -0.39 is 11.8 Å². The topological polar surface area (TPSA) is 143 Å². The summed E-state index contributed by atoms with van der Waals surface area (Å²) in [5, 5.41) is 11.2. The van der Waals surface area contributed by atoms with E-state index in [1.54, 1.807) is 72.8 Å². The van der Waals surface area contributed by atoms with Crippen LogP contribution in [0.2, 0.25) is 0 Å². The van der Waals surface area contributed by atoms with Gasteiger partial charge in [0.1, 0.15) is 0 Å². The lowest BCUT2D eigenvalue weighted by molar-refractivity contribution is 0.0942. The van der Waals surface area contributed by atoms with Gasteiger partial charge in [0.05, 0.1) is 35.0 Å². The first-order valence-electron chi connectivity index (χ1n) is 13.0. The molecule has 0 aliphatic rings. The molecule has 10 heteroatoms. The molecule has 0 unspecified atom stereocenters. The van der Waals surface area contributed by atoms with Gasteiger partial charge >= 0.3 is 0 Å². The second kappa shape index (κ2) is 14.1. The Kier molecular flexibility index (Phi) is 9.87. The number of nitrogens with one attached hydrogen (secondary N) is 4. The third-order valence-electron chi connectivity index (χ3n) is 6.00. The number of hydrogen-bond acceptors (Lipinski definition) is 6. The minimum absolute atomic E-state index is 0.160. The molecule has 0 spiro atoms. The summed E-state index contributed by atoms with van der Waals surface area (Å²) in [4.78, 5) is 49.9. The van der Waals surface area contributed by atoms with Gasteiger partial charge in [0.2, 0.25) is 0 Å². The zero-order chi connectivity index (χ0) is 28.2. The molecule has 0 aliphatic carbocycles. The third-order valence-corrected chi connectivity index (χ3v) is 6.00. The normalized spacial score (nSPS) is 10.5. The summed E-state index contributed by atoms with van der Waals surface area (Å²) in [6.07, 6.45) is 6.08. The highest BCUT2D eigenvalue weighted by molar-refractivity contribution is 6.08. The summed E-state index contributed by atoms with van der Waals surface area (Å²) in [6, 6.07) is 19.9. The van der Waals surface area contributed by atoms with Crippen molar-refractivity contribution in [2.75, 3.05) is 23.7 Å². The minimum Gasteiger partial charge on any atom is -0.459 e. The summed E-state index contributed by atoms with van der Waals surface area (Å²) in [7, 11) is 0. The molecule has 4 aromatic rings. The number of hydrogen-bond donors (Lipinski definition) is 4. The van der Waals surface area contributed by atoms with Crippen molar-refractivity contribution in [2.45, 2.75) is 25.7 Å². The van der Waals surface area contributed by atoms with Crippen LogP contribution in [0.25, 0.3) is 0 Å². The van der Waals surface area contributed by atoms with Gasteiger partial charge in [-0.15, -0.1) is 0 Å². The SMILES string of the molecule is O=C(Nc1ccccc1C(=O)NCCCCCCNC(=O)c1ccccc1NC(=O)c1ccco1)c1ccco1. The zero-order valence-electron chi connectivity index (χ0n) is 21.8. The maximum absolute atomic E-state index is 12.7. The van der Waals surface area contributed by atoms with Crippen LogP contribution < -0.4 is 21.3 Å². The molecule has 10 nitrogen and oxygen atoms in total. The number of carbonyl (C=O) groups excluding carboxylic acids is 4. The Hall–Kier alpha value is -5.12. The fourth-order valence-corrected chi connectivity index (χ4v) is 3.96. The summed E-state index contributed by atoms with van der Waals surface area (Å²) in [6.45, 7) is 0.961. The molecule has 0 saturated heterocycles. The van der Waals surface area contributed by atoms with Crippen molar-refractivity contribution in [3.8, 4) is 0 Å². The van der Waals surface area contributed by atoms with Gasteiger partial charge in [-0.1, -0.05) is 37.1 Å². The molecule has 4 N–H and O–H groups in total. The fourth-order valence-electron chi connectivity index (χ4n) is 3.96. The van der Waals surface area contributed by atoms with Crippen LogP contribution in [-0.2, 0) is 0 Å². The zero-order valence-corrected chi connectivity index (χ0v) is 21.8. The smallest absolute Gasteiger partial charge is 0.291 e. The van der Waals surface area contributed by atoms with E-state index in [0.29, 0.717) is 35.6 Å². The second-order valence-corrected chi connectivity index (χ2v) is 8.88. The van der Waals surface area contributed by atoms with E-state index in [2.05, 4.69) is 21.3 Å². The lowest BCUT2D eigenvalue weighted by atomic mass is 10.1. The summed E-state index contributed by atoms with van der Waals surface area (Å²) >= 11 is 0. The molecule has 206 valence electrons. The minimum atomic E-state index is -0.431. The van der Waals surface area contributed by atoms with Gasteiger partial charge < -0.3 is 30.1 Å². The monoisotopic (exact) mass is 542 g/mol. The number of carbonyl (C=O) groups is 4. The molecule has 0 radical (unpaired) electrons. The predicted molar refractivity (Wildman–Crippen MR) is 149 cm³/mol. The number of unbranched alkanes of at least 4 members (excludes halogenated alkanes) is 3. The molecular weight excluding hydrogens is 512 g/mol. The molecule has 0 bridgehead atoms. The predicted octanol–water partition coefficient (Wildman–Crippen LogP) is 5.10. The van der Waals surface area contributed by atoms with Crippen LogP contribution in [0.15, 0.2) is 94.2 Å². The van der Waals surface area contributed by atoms with E-state index in [1.807, 2.05) is 0 Å². The molecule has 0 saturated carbocycles. The third kappa shape index (κ3) is 7.70.